The van der Waals surface area contributed by atoms with Crippen molar-refractivity contribution in [3.8, 4) is 5.75 Å². The molecule has 3 aliphatic heterocycles. The summed E-state index contributed by atoms with van der Waals surface area (Å²) >= 11 is 5.98. The van der Waals surface area contributed by atoms with Gasteiger partial charge in [0.1, 0.15) is 11.9 Å². The van der Waals surface area contributed by atoms with Gasteiger partial charge in [0, 0.05) is 37.7 Å². The lowest BCUT2D eigenvalue weighted by molar-refractivity contribution is -0.149. The number of benzene rings is 2. The van der Waals surface area contributed by atoms with Crippen LogP contribution in [0.1, 0.15) is 37.7 Å². The van der Waals surface area contributed by atoms with Gasteiger partial charge in [0.2, 0.25) is 5.91 Å². The van der Waals surface area contributed by atoms with Crippen LogP contribution in [0.15, 0.2) is 54.6 Å². The quantitative estimate of drug-likeness (QED) is 0.675. The van der Waals surface area contributed by atoms with E-state index in [1.807, 2.05) is 47.4 Å². The second-order valence-corrected chi connectivity index (χ2v) is 9.72. The number of ether oxygens (including phenoxy) is 3. The highest BCUT2D eigenvalue weighted by Gasteiger charge is 2.50. The lowest BCUT2D eigenvalue weighted by atomic mass is 9.72. The van der Waals surface area contributed by atoms with Crippen molar-refractivity contribution in [1.29, 1.82) is 0 Å². The van der Waals surface area contributed by atoms with Crippen LogP contribution in [-0.4, -0.2) is 55.4 Å². The minimum absolute atomic E-state index is 0.0163. The van der Waals surface area contributed by atoms with Crippen LogP contribution in [0.3, 0.4) is 0 Å². The number of likely N-dealkylation sites (tertiary alicyclic amines) is 1. The Morgan fingerprint density at radius 3 is 2.53 bits per heavy atom. The van der Waals surface area contributed by atoms with Gasteiger partial charge in [-0.15, -0.1) is 0 Å². The van der Waals surface area contributed by atoms with Crippen LogP contribution in [0.4, 0.5) is 0 Å². The summed E-state index contributed by atoms with van der Waals surface area (Å²) in [5, 5.41) is 0.693. The molecule has 0 radical (unpaired) electrons. The largest absolute Gasteiger partial charge is 0.488 e. The van der Waals surface area contributed by atoms with Gasteiger partial charge in [-0.2, -0.15) is 0 Å². The summed E-state index contributed by atoms with van der Waals surface area (Å²) in [6.45, 7) is 3.19. The van der Waals surface area contributed by atoms with Crippen molar-refractivity contribution in [1.82, 2.24) is 4.90 Å². The molecule has 6 heteroatoms. The number of hydrogen-bond acceptors (Lipinski definition) is 4. The van der Waals surface area contributed by atoms with Gasteiger partial charge in [0.25, 0.3) is 0 Å². The number of halogens is 1. The number of carbonyl (C=O) groups excluding carboxylic acids is 1. The summed E-state index contributed by atoms with van der Waals surface area (Å²) < 4.78 is 18.1. The van der Waals surface area contributed by atoms with Gasteiger partial charge >= 0.3 is 0 Å². The first-order chi connectivity index (χ1) is 15.6. The van der Waals surface area contributed by atoms with Crippen molar-refractivity contribution >= 4 is 17.5 Å². The first-order valence-electron chi connectivity index (χ1n) is 11.6. The van der Waals surface area contributed by atoms with Crippen molar-refractivity contribution < 1.29 is 19.0 Å². The average molecular weight is 456 g/mol. The number of rotatable bonds is 4. The third kappa shape index (κ3) is 4.26. The third-order valence-corrected chi connectivity index (χ3v) is 7.45. The number of amides is 1. The molecule has 5 rings (SSSR count). The van der Waals surface area contributed by atoms with Gasteiger partial charge in [-0.3, -0.25) is 4.79 Å². The van der Waals surface area contributed by atoms with Crippen LogP contribution in [0.5, 0.6) is 5.75 Å². The zero-order valence-corrected chi connectivity index (χ0v) is 19.1. The Bertz CT molecular complexity index is 929. The summed E-state index contributed by atoms with van der Waals surface area (Å²) in [6.07, 6.45) is 4.13. The molecule has 2 atom stereocenters. The molecule has 3 heterocycles. The van der Waals surface area contributed by atoms with Gasteiger partial charge in [-0.05, 0) is 55.5 Å². The smallest absolute Gasteiger partial charge is 0.233 e. The Labute approximate surface area is 194 Å². The topological polar surface area (TPSA) is 48.0 Å². The van der Waals surface area contributed by atoms with E-state index in [9.17, 15) is 4.79 Å². The molecule has 5 nitrogen and oxygen atoms in total. The summed E-state index contributed by atoms with van der Waals surface area (Å²) in [4.78, 5) is 16.0. The summed E-state index contributed by atoms with van der Waals surface area (Å²) in [5.41, 5.74) is 0.272. The molecule has 2 aromatic carbocycles. The van der Waals surface area contributed by atoms with Crippen LogP contribution in [0, 0.1) is 0 Å². The molecule has 0 unspecified atom stereocenters. The van der Waals surface area contributed by atoms with Crippen LogP contribution in [0.25, 0.3) is 0 Å². The Kier molecular flexibility index (Phi) is 6.15. The van der Waals surface area contributed by atoms with Crippen LogP contribution in [-0.2, 0) is 19.7 Å². The molecule has 1 spiro atoms. The predicted octanol–water partition coefficient (Wildman–Crippen LogP) is 4.62. The Hall–Kier alpha value is -2.08. The molecule has 0 aromatic heterocycles. The highest BCUT2D eigenvalue weighted by molar-refractivity contribution is 6.30. The van der Waals surface area contributed by atoms with E-state index in [2.05, 4.69) is 12.1 Å². The lowest BCUT2D eigenvalue weighted by Gasteiger charge is -2.45. The highest BCUT2D eigenvalue weighted by Crippen LogP contribution is 2.41. The molecule has 0 saturated carbocycles. The van der Waals surface area contributed by atoms with Gasteiger partial charge in [0.05, 0.1) is 17.6 Å². The summed E-state index contributed by atoms with van der Waals surface area (Å²) in [7, 11) is 0. The maximum Gasteiger partial charge on any atom is 0.233 e. The Morgan fingerprint density at radius 2 is 1.78 bits per heavy atom. The van der Waals surface area contributed by atoms with Gasteiger partial charge in [-0.1, -0.05) is 41.9 Å². The summed E-state index contributed by atoms with van der Waals surface area (Å²) in [6, 6.07) is 17.7. The van der Waals surface area contributed by atoms with E-state index in [0.29, 0.717) is 31.4 Å². The second-order valence-electron chi connectivity index (χ2n) is 9.28. The first kappa shape index (κ1) is 21.7. The third-order valence-electron chi connectivity index (χ3n) is 7.20. The number of hydrogen-bond donors (Lipinski definition) is 0. The van der Waals surface area contributed by atoms with Crippen molar-refractivity contribution in [3.63, 3.8) is 0 Å². The molecule has 0 N–H and O–H groups in total. The minimum atomic E-state index is -0.504. The molecule has 0 bridgehead atoms. The Balaban J connectivity index is 1.31. The van der Waals surface area contributed by atoms with E-state index < -0.39 is 5.41 Å². The summed E-state index contributed by atoms with van der Waals surface area (Å²) in [5.74, 6) is 1.02. The minimum Gasteiger partial charge on any atom is -0.488 e. The zero-order valence-electron chi connectivity index (χ0n) is 18.3. The first-order valence-corrected chi connectivity index (χ1v) is 12.0. The number of carbonyl (C=O) groups is 1. The fourth-order valence-corrected chi connectivity index (χ4v) is 5.67. The Morgan fingerprint density at radius 1 is 1.03 bits per heavy atom. The van der Waals surface area contributed by atoms with Crippen molar-refractivity contribution in [3.05, 3.63) is 65.2 Å². The highest BCUT2D eigenvalue weighted by atomic mass is 35.5. The lowest BCUT2D eigenvalue weighted by Crippen LogP contribution is -2.56. The normalized spacial score (nSPS) is 27.4. The van der Waals surface area contributed by atoms with Crippen LogP contribution >= 0.6 is 11.6 Å². The molecule has 3 saturated heterocycles. The molecule has 3 aliphatic rings. The van der Waals surface area contributed by atoms with Crippen molar-refractivity contribution in [2.24, 2.45) is 0 Å². The molecule has 1 amide bonds. The predicted molar refractivity (Wildman–Crippen MR) is 123 cm³/mol. The molecule has 0 aliphatic carbocycles. The van der Waals surface area contributed by atoms with Gasteiger partial charge in [-0.25, -0.2) is 0 Å². The maximum atomic E-state index is 14.0. The van der Waals surface area contributed by atoms with E-state index in [0.717, 1.165) is 50.0 Å². The monoisotopic (exact) mass is 455 g/mol. The standard InChI is InChI=1S/C26H30ClNO4/c27-21-7-9-22(10-8-21)32-23-17-25(31-18-23)11-4-14-28(19-25)24(29)26(12-15-30-16-13-26)20-5-2-1-3-6-20/h1-3,5-10,23H,4,11-19H2/t23-,25+/m1/s1. The number of nitrogens with zero attached hydrogens (tertiary/aromatic N) is 1. The van der Waals surface area contributed by atoms with E-state index in [-0.39, 0.29) is 17.6 Å². The zero-order chi connectivity index (χ0) is 22.0. The fraction of sp³-hybridized carbons (Fsp3) is 0.500. The van der Waals surface area contributed by atoms with Gasteiger partial charge in [0.15, 0.2) is 0 Å². The molecule has 32 heavy (non-hydrogen) atoms. The van der Waals surface area contributed by atoms with E-state index in [4.69, 9.17) is 25.8 Å². The van der Waals surface area contributed by atoms with Gasteiger partial charge < -0.3 is 19.1 Å². The average Bonchev–Trinajstić information content (AvgIpc) is 3.22. The molecular weight excluding hydrogens is 426 g/mol. The van der Waals surface area contributed by atoms with Crippen LogP contribution in [0.2, 0.25) is 5.02 Å². The van der Waals surface area contributed by atoms with Crippen LogP contribution < -0.4 is 4.74 Å². The molecule has 170 valence electrons. The molecule has 2 aromatic rings. The second kappa shape index (κ2) is 9.05. The van der Waals surface area contributed by atoms with E-state index in [1.54, 1.807) is 0 Å². The SMILES string of the molecule is O=C(N1CCC[C@]2(C[C@@H](Oc3ccc(Cl)cc3)CO2)C1)C1(c2ccccc2)CCOCC1. The maximum absolute atomic E-state index is 14.0. The molecular formula is C26H30ClNO4. The van der Waals surface area contributed by atoms with E-state index >= 15 is 0 Å². The molecule has 3 fully saturated rings. The van der Waals surface area contributed by atoms with Crippen molar-refractivity contribution in [2.75, 3.05) is 32.9 Å². The number of piperidine rings is 1. The van der Waals surface area contributed by atoms with Crippen molar-refractivity contribution in [2.45, 2.75) is 49.2 Å². The fourth-order valence-electron chi connectivity index (χ4n) is 5.55. The van der Waals surface area contributed by atoms with E-state index in [1.165, 1.54) is 0 Å².